The van der Waals surface area contributed by atoms with E-state index in [9.17, 15) is 5.11 Å². The van der Waals surface area contributed by atoms with Gasteiger partial charge in [-0.15, -0.1) is 0 Å². The number of aromatic nitrogens is 1. The summed E-state index contributed by atoms with van der Waals surface area (Å²) in [5, 5.41) is 18.3. The van der Waals surface area contributed by atoms with E-state index in [2.05, 4.69) is 4.98 Å². The Balaban J connectivity index is 1.89. The summed E-state index contributed by atoms with van der Waals surface area (Å²) in [4.78, 5) is 4.15. The van der Waals surface area contributed by atoms with Gasteiger partial charge in [-0.05, 0) is 30.4 Å². The second-order valence-corrected chi connectivity index (χ2v) is 5.12. The second kappa shape index (κ2) is 7.10. The average molecular weight is 260 g/mol. The van der Waals surface area contributed by atoms with Crippen LogP contribution >= 0.6 is 0 Å². The predicted molar refractivity (Wildman–Crippen MR) is 71.5 cm³/mol. The molecule has 102 valence electrons. The first-order valence-electron chi connectivity index (χ1n) is 6.93. The third-order valence-electron chi connectivity index (χ3n) is 3.62. The van der Waals surface area contributed by atoms with Crippen LogP contribution in [0.25, 0.3) is 0 Å². The largest absolute Gasteiger partial charge is 0.477 e. The third kappa shape index (κ3) is 4.22. The Morgan fingerprint density at radius 3 is 2.95 bits per heavy atom. The molecule has 0 radical (unpaired) electrons. The van der Waals surface area contributed by atoms with Crippen molar-refractivity contribution >= 4 is 0 Å². The van der Waals surface area contributed by atoms with Gasteiger partial charge in [-0.3, -0.25) is 0 Å². The minimum Gasteiger partial charge on any atom is -0.477 e. The maximum atomic E-state index is 9.76. The molecule has 1 aliphatic carbocycles. The lowest BCUT2D eigenvalue weighted by Gasteiger charge is -2.21. The predicted octanol–water partition coefficient (Wildman–Crippen LogP) is 2.99. The van der Waals surface area contributed by atoms with Crippen LogP contribution in [0.1, 0.15) is 50.2 Å². The van der Waals surface area contributed by atoms with Gasteiger partial charge in [-0.1, -0.05) is 19.3 Å². The number of aliphatic hydroxyl groups is 1. The van der Waals surface area contributed by atoms with Crippen molar-refractivity contribution in [1.29, 1.82) is 5.26 Å². The maximum absolute atomic E-state index is 9.76. The number of aliphatic hydroxyl groups excluding tert-OH is 1. The fourth-order valence-corrected chi connectivity index (χ4v) is 2.47. The van der Waals surface area contributed by atoms with Crippen molar-refractivity contribution in [1.82, 2.24) is 4.98 Å². The van der Waals surface area contributed by atoms with E-state index in [0.29, 0.717) is 24.0 Å². The summed E-state index contributed by atoms with van der Waals surface area (Å²) >= 11 is 0. The Morgan fingerprint density at radius 2 is 2.21 bits per heavy atom. The zero-order valence-electron chi connectivity index (χ0n) is 11.1. The van der Waals surface area contributed by atoms with Crippen LogP contribution in [-0.4, -0.2) is 16.7 Å². The van der Waals surface area contributed by atoms with Gasteiger partial charge in [0.05, 0.1) is 25.2 Å². The van der Waals surface area contributed by atoms with E-state index >= 15 is 0 Å². The standard InChI is InChI=1S/C15H20N2O2/c16-8-6-14(18)13-7-9-17-15(10-13)19-11-12-4-2-1-3-5-12/h7,9-10,12,14,18H,1-6,11H2. The molecule has 1 atom stereocenters. The lowest BCUT2D eigenvalue weighted by molar-refractivity contribution is 0.180. The van der Waals surface area contributed by atoms with Crippen molar-refractivity contribution in [2.45, 2.75) is 44.6 Å². The zero-order chi connectivity index (χ0) is 13.5. The molecule has 1 saturated carbocycles. The van der Waals surface area contributed by atoms with Crippen LogP contribution in [0.3, 0.4) is 0 Å². The first-order chi connectivity index (χ1) is 9.29. The molecule has 4 nitrogen and oxygen atoms in total. The third-order valence-corrected chi connectivity index (χ3v) is 3.62. The van der Waals surface area contributed by atoms with Crippen molar-refractivity contribution in [2.75, 3.05) is 6.61 Å². The molecule has 0 spiro atoms. The van der Waals surface area contributed by atoms with Crippen molar-refractivity contribution < 1.29 is 9.84 Å². The summed E-state index contributed by atoms with van der Waals surface area (Å²) in [7, 11) is 0. The van der Waals surface area contributed by atoms with E-state index in [-0.39, 0.29) is 6.42 Å². The summed E-state index contributed by atoms with van der Waals surface area (Å²) in [5.74, 6) is 1.17. The van der Waals surface area contributed by atoms with Crippen LogP contribution in [0.5, 0.6) is 5.88 Å². The number of nitriles is 1. The number of nitrogens with zero attached hydrogens (tertiary/aromatic N) is 2. The van der Waals surface area contributed by atoms with Crippen LogP contribution in [0.2, 0.25) is 0 Å². The van der Waals surface area contributed by atoms with Gasteiger partial charge in [0.25, 0.3) is 0 Å². The zero-order valence-corrected chi connectivity index (χ0v) is 11.1. The first kappa shape index (κ1) is 13.8. The molecule has 1 unspecified atom stereocenters. The molecule has 1 aromatic rings. The molecule has 0 aromatic carbocycles. The van der Waals surface area contributed by atoms with Crippen molar-refractivity contribution in [3.8, 4) is 11.9 Å². The maximum Gasteiger partial charge on any atom is 0.213 e. The highest BCUT2D eigenvalue weighted by Crippen LogP contribution is 2.25. The minimum atomic E-state index is -0.759. The van der Waals surface area contributed by atoms with Gasteiger partial charge in [0.15, 0.2) is 0 Å². The molecule has 0 amide bonds. The molecule has 1 N–H and O–H groups in total. The van der Waals surface area contributed by atoms with Crippen LogP contribution in [0, 0.1) is 17.2 Å². The van der Waals surface area contributed by atoms with E-state index in [1.54, 1.807) is 18.3 Å². The highest BCUT2D eigenvalue weighted by atomic mass is 16.5. The van der Waals surface area contributed by atoms with Gasteiger partial charge in [0.2, 0.25) is 5.88 Å². The minimum absolute atomic E-state index is 0.0894. The molecule has 0 saturated heterocycles. The fourth-order valence-electron chi connectivity index (χ4n) is 2.47. The van der Waals surface area contributed by atoms with E-state index < -0.39 is 6.10 Å². The van der Waals surface area contributed by atoms with Crippen LogP contribution < -0.4 is 4.74 Å². The summed E-state index contributed by atoms with van der Waals surface area (Å²) < 4.78 is 5.71. The molecule has 0 bridgehead atoms. The Kier molecular flexibility index (Phi) is 5.17. The first-order valence-corrected chi connectivity index (χ1v) is 6.93. The molecule has 19 heavy (non-hydrogen) atoms. The highest BCUT2D eigenvalue weighted by Gasteiger charge is 2.15. The molecule has 1 aliphatic rings. The Morgan fingerprint density at radius 1 is 1.42 bits per heavy atom. The van der Waals surface area contributed by atoms with Gasteiger partial charge < -0.3 is 9.84 Å². The molecule has 2 rings (SSSR count). The van der Waals surface area contributed by atoms with Gasteiger partial charge in [-0.25, -0.2) is 4.98 Å². The topological polar surface area (TPSA) is 66.1 Å². The highest BCUT2D eigenvalue weighted by molar-refractivity contribution is 5.23. The number of rotatable bonds is 5. The summed E-state index contributed by atoms with van der Waals surface area (Å²) in [6, 6.07) is 5.40. The Hall–Kier alpha value is -1.60. The lowest BCUT2D eigenvalue weighted by atomic mass is 9.90. The van der Waals surface area contributed by atoms with Crippen molar-refractivity contribution in [2.24, 2.45) is 5.92 Å². The molecular weight excluding hydrogens is 240 g/mol. The van der Waals surface area contributed by atoms with E-state index in [1.165, 1.54) is 32.1 Å². The number of hydrogen-bond donors (Lipinski definition) is 1. The second-order valence-electron chi connectivity index (χ2n) is 5.12. The smallest absolute Gasteiger partial charge is 0.213 e. The summed E-state index contributed by atoms with van der Waals surface area (Å²) in [6.45, 7) is 0.699. The van der Waals surface area contributed by atoms with Crippen LogP contribution in [0.4, 0.5) is 0 Å². The monoisotopic (exact) mass is 260 g/mol. The Bertz CT molecular complexity index is 436. The summed E-state index contributed by atoms with van der Waals surface area (Å²) in [5.41, 5.74) is 0.690. The molecule has 4 heteroatoms. The van der Waals surface area contributed by atoms with E-state index in [1.807, 2.05) is 6.07 Å². The van der Waals surface area contributed by atoms with Gasteiger partial charge in [0.1, 0.15) is 0 Å². The number of ether oxygens (including phenoxy) is 1. The van der Waals surface area contributed by atoms with Crippen LogP contribution in [-0.2, 0) is 0 Å². The Labute approximate surface area is 114 Å². The van der Waals surface area contributed by atoms with Gasteiger partial charge in [0, 0.05) is 12.3 Å². The lowest BCUT2D eigenvalue weighted by Crippen LogP contribution is -2.15. The van der Waals surface area contributed by atoms with Gasteiger partial charge >= 0.3 is 0 Å². The van der Waals surface area contributed by atoms with Crippen LogP contribution in [0.15, 0.2) is 18.3 Å². The summed E-state index contributed by atoms with van der Waals surface area (Å²) in [6.07, 6.45) is 7.34. The van der Waals surface area contributed by atoms with E-state index in [4.69, 9.17) is 10.00 Å². The number of hydrogen-bond acceptors (Lipinski definition) is 4. The molecular formula is C15H20N2O2. The SMILES string of the molecule is N#CCC(O)c1ccnc(OCC2CCCCC2)c1. The van der Waals surface area contributed by atoms with E-state index in [0.717, 1.165) is 0 Å². The normalized spacial score (nSPS) is 17.7. The fraction of sp³-hybridized carbons (Fsp3) is 0.600. The van der Waals surface area contributed by atoms with Crippen molar-refractivity contribution in [3.63, 3.8) is 0 Å². The quantitative estimate of drug-likeness (QED) is 0.883. The molecule has 1 heterocycles. The molecule has 1 fully saturated rings. The van der Waals surface area contributed by atoms with Gasteiger partial charge in [-0.2, -0.15) is 5.26 Å². The van der Waals surface area contributed by atoms with Crippen molar-refractivity contribution in [3.05, 3.63) is 23.9 Å². The average Bonchev–Trinajstić information content (AvgIpc) is 2.47. The number of pyridine rings is 1. The molecule has 1 aromatic heterocycles. The molecule has 0 aliphatic heterocycles.